The molecule has 26 heavy (non-hydrogen) atoms. The van der Waals surface area contributed by atoms with E-state index in [1.54, 1.807) is 35.4 Å². The second kappa shape index (κ2) is 6.15. The molecule has 1 aliphatic rings. The number of nitrogens with zero attached hydrogens (tertiary/aromatic N) is 4. The zero-order valence-electron chi connectivity index (χ0n) is 14.2. The zero-order valence-corrected chi connectivity index (χ0v) is 14.2. The van der Waals surface area contributed by atoms with Crippen LogP contribution in [0.25, 0.3) is 11.1 Å². The highest BCUT2D eigenvalue weighted by atomic mass is 16.4. The van der Waals surface area contributed by atoms with Crippen LogP contribution in [-0.2, 0) is 24.3 Å². The smallest absolute Gasteiger partial charge is 0.408 e. The van der Waals surface area contributed by atoms with Crippen molar-refractivity contribution in [2.45, 2.75) is 26.4 Å². The predicted octanol–water partition coefficient (Wildman–Crippen LogP) is 1.75. The first-order valence-corrected chi connectivity index (χ1v) is 8.32. The summed E-state index contributed by atoms with van der Waals surface area (Å²) in [5, 5.41) is 9.33. The molecule has 7 heteroatoms. The van der Waals surface area contributed by atoms with Crippen LogP contribution in [0, 0.1) is 18.3 Å². The fraction of sp³-hybridized carbons (Fsp3) is 0.263. The highest BCUT2D eigenvalue weighted by molar-refractivity contribution is 5.80. The molecule has 7 nitrogen and oxygen atoms in total. The monoisotopic (exact) mass is 348 g/mol. The number of hydrogen-bond acceptors (Lipinski definition) is 5. The number of carbonyl (C=O) groups excluding carboxylic acids is 1. The van der Waals surface area contributed by atoms with Gasteiger partial charge in [0, 0.05) is 19.3 Å². The highest BCUT2D eigenvalue weighted by Gasteiger charge is 2.25. The number of rotatable bonds is 2. The molecule has 3 aromatic rings. The van der Waals surface area contributed by atoms with Gasteiger partial charge in [-0.3, -0.25) is 14.3 Å². The summed E-state index contributed by atoms with van der Waals surface area (Å²) in [5.74, 6) is -0.704. The van der Waals surface area contributed by atoms with Gasteiger partial charge in [0.05, 0.1) is 16.8 Å². The molecule has 130 valence electrons. The summed E-state index contributed by atoms with van der Waals surface area (Å²) < 4.78 is 6.53. The average Bonchev–Trinajstić information content (AvgIpc) is 2.96. The average molecular weight is 348 g/mol. The van der Waals surface area contributed by atoms with Gasteiger partial charge in [-0.2, -0.15) is 5.26 Å². The lowest BCUT2D eigenvalue weighted by Crippen LogP contribution is -2.39. The van der Waals surface area contributed by atoms with E-state index in [0.29, 0.717) is 41.9 Å². The number of pyridine rings is 1. The second-order valence-corrected chi connectivity index (χ2v) is 6.32. The molecular weight excluding hydrogens is 332 g/mol. The minimum absolute atomic E-state index is 0.0738. The minimum Gasteiger partial charge on any atom is -0.408 e. The minimum atomic E-state index is -0.541. The van der Waals surface area contributed by atoms with E-state index >= 15 is 0 Å². The molecule has 0 fully saturated rings. The third-order valence-corrected chi connectivity index (χ3v) is 4.79. The summed E-state index contributed by atoms with van der Waals surface area (Å²) in [6, 6.07) is 9.24. The Labute approximate surface area is 149 Å². The normalized spacial score (nSPS) is 13.5. The van der Waals surface area contributed by atoms with Gasteiger partial charge in [-0.05, 0) is 36.6 Å². The standard InChI is InChI=1S/C19H16N4O3/c1-12-15(8-20)14-6-7-22(10-13(14)9-21-12)18(24)11-23-16-4-2-3-5-17(16)26-19(23)25/h2-5,9H,6-7,10-11H2,1H3. The number of hydrogen-bond donors (Lipinski definition) is 0. The Hall–Kier alpha value is -3.40. The lowest BCUT2D eigenvalue weighted by atomic mass is 9.95. The number of oxazole rings is 1. The Kier molecular flexibility index (Phi) is 3.81. The van der Waals surface area contributed by atoms with Gasteiger partial charge in [0.1, 0.15) is 12.6 Å². The van der Waals surface area contributed by atoms with Crippen molar-refractivity contribution in [2.75, 3.05) is 6.54 Å². The van der Waals surface area contributed by atoms with Gasteiger partial charge in [-0.25, -0.2) is 4.79 Å². The van der Waals surface area contributed by atoms with E-state index in [-0.39, 0.29) is 12.5 Å². The van der Waals surface area contributed by atoms with Gasteiger partial charge in [0.25, 0.3) is 0 Å². The topological polar surface area (TPSA) is 92.1 Å². The Morgan fingerprint density at radius 1 is 1.38 bits per heavy atom. The van der Waals surface area contributed by atoms with Crippen molar-refractivity contribution in [3.05, 3.63) is 63.4 Å². The summed E-state index contributed by atoms with van der Waals surface area (Å²) in [6.07, 6.45) is 2.33. The molecule has 0 radical (unpaired) electrons. The SMILES string of the molecule is Cc1ncc2c(c1C#N)CCN(C(=O)Cn1c(=O)oc3ccccc31)C2. The first-order valence-electron chi connectivity index (χ1n) is 8.32. The molecule has 0 saturated carbocycles. The number of aryl methyl sites for hydroxylation is 1. The van der Waals surface area contributed by atoms with E-state index < -0.39 is 5.76 Å². The van der Waals surface area contributed by atoms with Crippen LogP contribution < -0.4 is 5.76 Å². The van der Waals surface area contributed by atoms with Crippen LogP contribution in [0.15, 0.2) is 39.7 Å². The second-order valence-electron chi connectivity index (χ2n) is 6.32. The molecule has 1 amide bonds. The summed E-state index contributed by atoms with van der Waals surface area (Å²) in [6.45, 7) is 2.64. The molecule has 0 N–H and O–H groups in total. The van der Waals surface area contributed by atoms with Gasteiger partial charge < -0.3 is 9.32 Å². The van der Waals surface area contributed by atoms with Crippen molar-refractivity contribution in [1.29, 1.82) is 5.26 Å². The third-order valence-electron chi connectivity index (χ3n) is 4.79. The van der Waals surface area contributed by atoms with Crippen molar-refractivity contribution in [3.8, 4) is 6.07 Å². The van der Waals surface area contributed by atoms with Crippen molar-refractivity contribution in [2.24, 2.45) is 0 Å². The van der Waals surface area contributed by atoms with Crippen LogP contribution in [0.2, 0.25) is 0 Å². The van der Waals surface area contributed by atoms with Gasteiger partial charge in [0.15, 0.2) is 5.58 Å². The van der Waals surface area contributed by atoms with Crippen molar-refractivity contribution < 1.29 is 9.21 Å². The Morgan fingerprint density at radius 2 is 2.19 bits per heavy atom. The van der Waals surface area contributed by atoms with Crippen molar-refractivity contribution in [1.82, 2.24) is 14.5 Å². The molecule has 1 aliphatic heterocycles. The molecule has 0 atom stereocenters. The van der Waals surface area contributed by atoms with Crippen LogP contribution >= 0.6 is 0 Å². The lowest BCUT2D eigenvalue weighted by Gasteiger charge is -2.29. The Balaban J connectivity index is 1.60. The number of amides is 1. The van der Waals surface area contributed by atoms with Crippen LogP contribution in [0.5, 0.6) is 0 Å². The van der Waals surface area contributed by atoms with Gasteiger partial charge in [-0.15, -0.1) is 0 Å². The summed E-state index contributed by atoms with van der Waals surface area (Å²) in [4.78, 5) is 30.7. The van der Waals surface area contributed by atoms with E-state index in [2.05, 4.69) is 11.1 Å². The maximum absolute atomic E-state index is 12.7. The van der Waals surface area contributed by atoms with Crippen LogP contribution in [0.3, 0.4) is 0 Å². The first-order chi connectivity index (χ1) is 12.6. The fourth-order valence-electron chi connectivity index (χ4n) is 3.41. The van der Waals surface area contributed by atoms with Gasteiger partial charge in [0.2, 0.25) is 5.91 Å². The molecule has 0 aliphatic carbocycles. The summed E-state index contributed by atoms with van der Waals surface area (Å²) in [5.41, 5.74) is 4.24. The molecule has 2 aromatic heterocycles. The van der Waals surface area contributed by atoms with Crippen LogP contribution in [0.4, 0.5) is 0 Å². The van der Waals surface area contributed by atoms with Crippen LogP contribution in [0.1, 0.15) is 22.4 Å². The van der Waals surface area contributed by atoms with E-state index in [4.69, 9.17) is 4.42 Å². The number of nitriles is 1. The number of fused-ring (bicyclic) bond motifs is 2. The van der Waals surface area contributed by atoms with Crippen LogP contribution in [-0.4, -0.2) is 26.9 Å². The molecule has 0 bridgehead atoms. The van der Waals surface area contributed by atoms with Gasteiger partial charge in [-0.1, -0.05) is 12.1 Å². The number of aromatic nitrogens is 2. The largest absolute Gasteiger partial charge is 0.420 e. The third kappa shape index (κ3) is 2.56. The number of carbonyl (C=O) groups is 1. The number of para-hydroxylation sites is 2. The number of benzene rings is 1. The summed E-state index contributed by atoms with van der Waals surface area (Å²) in [7, 11) is 0. The molecule has 0 saturated heterocycles. The molecular formula is C19H16N4O3. The van der Waals surface area contributed by atoms with Crippen molar-refractivity contribution >= 4 is 17.0 Å². The Bertz CT molecular complexity index is 1120. The van der Waals surface area contributed by atoms with E-state index in [9.17, 15) is 14.9 Å². The molecule has 0 unspecified atom stereocenters. The lowest BCUT2D eigenvalue weighted by molar-refractivity contribution is -0.132. The zero-order chi connectivity index (χ0) is 18.3. The fourth-order valence-corrected chi connectivity index (χ4v) is 3.41. The van der Waals surface area contributed by atoms with E-state index in [1.165, 1.54) is 4.57 Å². The molecule has 4 rings (SSSR count). The van der Waals surface area contributed by atoms with E-state index in [0.717, 1.165) is 11.1 Å². The van der Waals surface area contributed by atoms with E-state index in [1.807, 2.05) is 6.92 Å². The maximum Gasteiger partial charge on any atom is 0.420 e. The molecule has 0 spiro atoms. The van der Waals surface area contributed by atoms with Gasteiger partial charge >= 0.3 is 5.76 Å². The first kappa shape index (κ1) is 16.1. The molecule has 1 aromatic carbocycles. The van der Waals surface area contributed by atoms with Crippen molar-refractivity contribution in [3.63, 3.8) is 0 Å². The quantitative estimate of drug-likeness (QED) is 0.703. The Morgan fingerprint density at radius 3 is 3.00 bits per heavy atom. The summed E-state index contributed by atoms with van der Waals surface area (Å²) >= 11 is 0. The molecule has 3 heterocycles. The maximum atomic E-state index is 12.7. The highest BCUT2D eigenvalue weighted by Crippen LogP contribution is 2.23. The predicted molar refractivity (Wildman–Crippen MR) is 93.3 cm³/mol.